The van der Waals surface area contributed by atoms with Gasteiger partial charge < -0.3 is 4.42 Å². The molecule has 2 aliphatic rings. The molecule has 55 heavy (non-hydrogen) atoms. The van der Waals surface area contributed by atoms with Gasteiger partial charge in [-0.3, -0.25) is 0 Å². The summed E-state index contributed by atoms with van der Waals surface area (Å²) >= 11 is 0. The van der Waals surface area contributed by atoms with E-state index < -0.39 is 0 Å². The summed E-state index contributed by atoms with van der Waals surface area (Å²) in [5.74, 6) is 1.88. The summed E-state index contributed by atoms with van der Waals surface area (Å²) in [6.45, 7) is 0. The number of furan rings is 1. The van der Waals surface area contributed by atoms with Crippen LogP contribution >= 0.6 is 0 Å². The summed E-state index contributed by atoms with van der Waals surface area (Å²) in [4.78, 5) is 15.3. The van der Waals surface area contributed by atoms with E-state index in [1.54, 1.807) is 0 Å². The molecule has 0 unspecified atom stereocenters. The zero-order chi connectivity index (χ0) is 36.3. The fraction of sp³-hybridized carbons (Fsp3) is 0.118. The first-order chi connectivity index (χ1) is 27.2. The van der Waals surface area contributed by atoms with Crippen LogP contribution in [-0.4, -0.2) is 15.0 Å². The summed E-state index contributed by atoms with van der Waals surface area (Å²) in [6, 6.07) is 58.2. The van der Waals surface area contributed by atoms with Crippen LogP contribution in [0.15, 0.2) is 168 Å². The van der Waals surface area contributed by atoms with Crippen molar-refractivity contribution in [3.8, 4) is 67.5 Å². The highest BCUT2D eigenvalue weighted by Gasteiger charge is 2.45. The molecule has 2 heterocycles. The van der Waals surface area contributed by atoms with Gasteiger partial charge in [0.1, 0.15) is 11.2 Å². The average Bonchev–Trinajstić information content (AvgIpc) is 3.78. The number of nitrogens with zero attached hydrogens (tertiary/aromatic N) is 3. The zero-order valence-corrected chi connectivity index (χ0v) is 30.4. The largest absolute Gasteiger partial charge is 0.456 e. The minimum atomic E-state index is 0.0800. The van der Waals surface area contributed by atoms with Gasteiger partial charge in [-0.15, -0.1) is 0 Å². The fourth-order valence-electron chi connectivity index (χ4n) is 9.48. The third kappa shape index (κ3) is 5.16. The lowest BCUT2D eigenvalue weighted by Gasteiger charge is -2.37. The highest BCUT2D eigenvalue weighted by atomic mass is 16.3. The van der Waals surface area contributed by atoms with Crippen LogP contribution in [0.25, 0.3) is 89.5 Å². The summed E-state index contributed by atoms with van der Waals surface area (Å²) in [5, 5.41) is 2.05. The first-order valence-electron chi connectivity index (χ1n) is 19.4. The Morgan fingerprint density at radius 2 is 0.964 bits per heavy atom. The maximum atomic E-state index is 6.25. The standard InChI is InChI=1S/C51H37N3O/c1-3-15-33(16-4-1)48-52-49(54-50(53-48)42-25-14-28-45-46(42)41-22-6-8-27-44(41)55-45)37-20-12-18-35(32-37)34-17-11-19-36(31-34)38-23-13-24-40-39-21-5-7-26-43(39)51(47(38)40)29-9-2-10-30-51/h1,3-8,11-28,31-32H,2,9-10,29-30H2. The SMILES string of the molecule is c1ccc(-c2nc(-c3cccc(-c4cccc(-c5cccc6c5C5(CCCCC5)c5ccccc5-6)c4)c3)nc(-c3cccc4oc5ccccc5c34)n2)cc1. The van der Waals surface area contributed by atoms with Crippen LogP contribution in [0.2, 0.25) is 0 Å². The molecule has 2 aliphatic carbocycles. The van der Waals surface area contributed by atoms with Crippen LogP contribution < -0.4 is 0 Å². The second-order valence-electron chi connectivity index (χ2n) is 15.0. The molecule has 1 saturated carbocycles. The molecule has 9 aromatic rings. The second kappa shape index (κ2) is 12.7. The van der Waals surface area contributed by atoms with Gasteiger partial charge in [0.15, 0.2) is 17.5 Å². The summed E-state index contributed by atoms with van der Waals surface area (Å²) in [6.07, 6.45) is 6.28. The van der Waals surface area contributed by atoms with Gasteiger partial charge in [0.05, 0.1) is 0 Å². The molecule has 0 radical (unpaired) electrons. The molecule has 1 fully saturated rings. The highest BCUT2D eigenvalue weighted by Crippen LogP contribution is 2.58. The molecule has 4 nitrogen and oxygen atoms in total. The van der Waals surface area contributed by atoms with Crippen molar-refractivity contribution in [2.45, 2.75) is 37.5 Å². The third-order valence-electron chi connectivity index (χ3n) is 11.9. The van der Waals surface area contributed by atoms with E-state index in [4.69, 9.17) is 19.4 Å². The quantitative estimate of drug-likeness (QED) is 0.179. The van der Waals surface area contributed by atoms with Crippen molar-refractivity contribution in [2.75, 3.05) is 0 Å². The normalized spacial score (nSPS) is 14.3. The minimum absolute atomic E-state index is 0.0800. The van der Waals surface area contributed by atoms with Crippen molar-refractivity contribution >= 4 is 21.9 Å². The van der Waals surface area contributed by atoms with Gasteiger partial charge in [0.2, 0.25) is 0 Å². The van der Waals surface area contributed by atoms with Gasteiger partial charge in [-0.05, 0) is 81.6 Å². The predicted octanol–water partition coefficient (Wildman–Crippen LogP) is 13.3. The molecule has 0 bridgehead atoms. The summed E-state index contributed by atoms with van der Waals surface area (Å²) in [5.41, 5.74) is 15.3. The number of hydrogen-bond donors (Lipinski definition) is 0. The Hall–Kier alpha value is -6.65. The molecule has 7 aromatic carbocycles. The van der Waals surface area contributed by atoms with E-state index >= 15 is 0 Å². The van der Waals surface area contributed by atoms with Crippen molar-refractivity contribution in [3.05, 3.63) is 175 Å². The maximum Gasteiger partial charge on any atom is 0.164 e. The first kappa shape index (κ1) is 31.8. The van der Waals surface area contributed by atoms with E-state index in [-0.39, 0.29) is 5.41 Å². The smallest absolute Gasteiger partial charge is 0.164 e. The van der Waals surface area contributed by atoms with Gasteiger partial charge in [0, 0.05) is 32.9 Å². The summed E-state index contributed by atoms with van der Waals surface area (Å²) in [7, 11) is 0. The molecule has 0 saturated heterocycles. The van der Waals surface area contributed by atoms with E-state index in [0.717, 1.165) is 49.8 Å². The van der Waals surface area contributed by atoms with Crippen LogP contribution in [-0.2, 0) is 5.41 Å². The van der Waals surface area contributed by atoms with Gasteiger partial charge in [0.25, 0.3) is 0 Å². The van der Waals surface area contributed by atoms with E-state index in [9.17, 15) is 0 Å². The number of hydrogen-bond acceptors (Lipinski definition) is 4. The molecule has 0 aliphatic heterocycles. The molecule has 11 rings (SSSR count). The predicted molar refractivity (Wildman–Crippen MR) is 224 cm³/mol. The Morgan fingerprint density at radius 3 is 1.82 bits per heavy atom. The van der Waals surface area contributed by atoms with Crippen molar-refractivity contribution in [2.24, 2.45) is 0 Å². The van der Waals surface area contributed by atoms with Gasteiger partial charge in [-0.2, -0.15) is 0 Å². The molecule has 1 spiro atoms. The lowest BCUT2D eigenvalue weighted by Crippen LogP contribution is -2.28. The Morgan fingerprint density at radius 1 is 0.400 bits per heavy atom. The van der Waals surface area contributed by atoms with Crippen molar-refractivity contribution in [3.63, 3.8) is 0 Å². The van der Waals surface area contributed by atoms with E-state index in [2.05, 4.69) is 115 Å². The number of aromatic nitrogens is 3. The first-order valence-corrected chi connectivity index (χ1v) is 19.4. The second-order valence-corrected chi connectivity index (χ2v) is 15.0. The molecule has 4 heteroatoms. The topological polar surface area (TPSA) is 51.8 Å². The Kier molecular flexibility index (Phi) is 7.38. The van der Waals surface area contributed by atoms with Crippen LogP contribution in [0.3, 0.4) is 0 Å². The lowest BCUT2D eigenvalue weighted by molar-refractivity contribution is 0.353. The zero-order valence-electron chi connectivity index (χ0n) is 30.4. The molecule has 0 amide bonds. The van der Waals surface area contributed by atoms with Gasteiger partial charge >= 0.3 is 0 Å². The van der Waals surface area contributed by atoms with E-state index in [0.29, 0.717) is 17.5 Å². The molecule has 2 aromatic heterocycles. The van der Waals surface area contributed by atoms with Crippen molar-refractivity contribution in [1.29, 1.82) is 0 Å². The van der Waals surface area contributed by atoms with Gasteiger partial charge in [-0.25, -0.2) is 15.0 Å². The number of rotatable bonds is 5. The Balaban J connectivity index is 1.04. The van der Waals surface area contributed by atoms with Gasteiger partial charge in [-0.1, -0.05) is 159 Å². The molecule has 262 valence electrons. The van der Waals surface area contributed by atoms with Crippen molar-refractivity contribution in [1.82, 2.24) is 15.0 Å². The minimum Gasteiger partial charge on any atom is -0.456 e. The lowest BCUT2D eigenvalue weighted by atomic mass is 9.66. The number of para-hydroxylation sites is 1. The van der Waals surface area contributed by atoms with Crippen LogP contribution in [0.5, 0.6) is 0 Å². The molecule has 0 N–H and O–H groups in total. The summed E-state index contributed by atoms with van der Waals surface area (Å²) < 4.78 is 6.25. The van der Waals surface area contributed by atoms with Crippen molar-refractivity contribution < 1.29 is 4.42 Å². The Bertz CT molecular complexity index is 2920. The monoisotopic (exact) mass is 707 g/mol. The maximum absolute atomic E-state index is 6.25. The van der Waals surface area contributed by atoms with Crippen LogP contribution in [0.4, 0.5) is 0 Å². The molecular formula is C51H37N3O. The third-order valence-corrected chi connectivity index (χ3v) is 11.9. The molecular weight excluding hydrogens is 671 g/mol. The fourth-order valence-corrected chi connectivity index (χ4v) is 9.48. The highest BCUT2D eigenvalue weighted by molar-refractivity contribution is 6.11. The molecule has 0 atom stereocenters. The number of benzene rings is 7. The van der Waals surface area contributed by atoms with E-state index in [1.165, 1.54) is 65.5 Å². The number of fused-ring (bicyclic) bond motifs is 8. The average molecular weight is 708 g/mol. The van der Waals surface area contributed by atoms with Crippen LogP contribution in [0.1, 0.15) is 43.2 Å². The Labute approximate surface area is 320 Å². The van der Waals surface area contributed by atoms with Crippen LogP contribution in [0, 0.1) is 0 Å². The van der Waals surface area contributed by atoms with E-state index in [1.807, 2.05) is 48.5 Å².